The van der Waals surface area contributed by atoms with Crippen LogP contribution >= 0.6 is 0 Å². The second-order valence-corrected chi connectivity index (χ2v) is 8.00. The van der Waals surface area contributed by atoms with E-state index < -0.39 is 20.2 Å². The van der Waals surface area contributed by atoms with Crippen molar-refractivity contribution in [3.05, 3.63) is 58.7 Å². The molecule has 25 heavy (non-hydrogen) atoms. The Balaban J connectivity index is 0.000000443. The Morgan fingerprint density at radius 3 is 1.12 bits per heavy atom. The Morgan fingerprint density at radius 1 is 0.640 bits per heavy atom. The topological polar surface area (TPSA) is 114 Å². The molecule has 0 saturated heterocycles. The Kier molecular flexibility index (Phi) is 9.27. The van der Waals surface area contributed by atoms with Crippen LogP contribution in [0.25, 0.3) is 0 Å². The third kappa shape index (κ3) is 6.97. The van der Waals surface area contributed by atoms with Gasteiger partial charge in [-0.2, -0.15) is 0 Å². The van der Waals surface area contributed by atoms with Crippen molar-refractivity contribution in [2.24, 2.45) is 0 Å². The predicted molar refractivity (Wildman–Crippen MR) is 93.5 cm³/mol. The molecule has 2 rings (SSSR count). The fraction of sp³-hybridized carbons (Fsp3) is 0.250. The Hall–Kier alpha value is -0.480. The molecule has 9 heteroatoms. The summed E-state index contributed by atoms with van der Waals surface area (Å²) in [6.45, 7) is 6.79. The Bertz CT molecular complexity index is 871. The number of benzene rings is 2. The minimum Gasteiger partial charge on any atom is -0.744 e. The van der Waals surface area contributed by atoms with E-state index in [1.807, 2.05) is 0 Å². The largest absolute Gasteiger partial charge is 2.00 e. The quantitative estimate of drug-likeness (QED) is 0.553. The molecular formula is C16H18CaO6S2. The summed E-state index contributed by atoms with van der Waals surface area (Å²) in [6, 6.07) is 9.31. The van der Waals surface area contributed by atoms with Crippen LogP contribution in [0.4, 0.5) is 0 Å². The molecule has 2 aromatic rings. The van der Waals surface area contributed by atoms with E-state index in [0.717, 1.165) is 11.1 Å². The third-order valence-electron chi connectivity index (χ3n) is 3.65. The van der Waals surface area contributed by atoms with E-state index >= 15 is 0 Å². The summed E-state index contributed by atoms with van der Waals surface area (Å²) >= 11 is 0. The van der Waals surface area contributed by atoms with Crippen LogP contribution < -0.4 is 0 Å². The van der Waals surface area contributed by atoms with Gasteiger partial charge in [0.25, 0.3) is 0 Å². The molecular weight excluding hydrogens is 392 g/mol. The monoisotopic (exact) mass is 410 g/mol. The maximum absolute atomic E-state index is 10.7. The van der Waals surface area contributed by atoms with Crippen molar-refractivity contribution in [1.82, 2.24) is 0 Å². The molecule has 0 bridgehead atoms. The van der Waals surface area contributed by atoms with Gasteiger partial charge in [-0.1, -0.05) is 24.3 Å². The minimum absolute atomic E-state index is 0. The van der Waals surface area contributed by atoms with Crippen molar-refractivity contribution in [2.45, 2.75) is 37.5 Å². The van der Waals surface area contributed by atoms with E-state index in [-0.39, 0.29) is 47.5 Å². The average molecular weight is 411 g/mol. The standard InChI is InChI=1S/2C8H10O3S.Ca/c2*1-6-4-3-5-8(7(6)2)12(9,10)11;/h2*3-5H,1-2H3,(H,9,10,11);/q;;+2/p-2. The molecule has 0 aliphatic heterocycles. The number of rotatable bonds is 2. The van der Waals surface area contributed by atoms with E-state index in [1.54, 1.807) is 52.0 Å². The van der Waals surface area contributed by atoms with Gasteiger partial charge in [0.05, 0.1) is 9.79 Å². The van der Waals surface area contributed by atoms with Crippen molar-refractivity contribution in [2.75, 3.05) is 0 Å². The van der Waals surface area contributed by atoms with Crippen molar-refractivity contribution in [3.8, 4) is 0 Å². The SMILES string of the molecule is Cc1cccc(S(=O)(=O)[O-])c1C.Cc1cccc(S(=O)(=O)[O-])c1C.[Ca+2]. The minimum atomic E-state index is -4.31. The van der Waals surface area contributed by atoms with Crippen LogP contribution in [0.3, 0.4) is 0 Å². The summed E-state index contributed by atoms with van der Waals surface area (Å²) in [6.07, 6.45) is 0. The second-order valence-electron chi connectivity index (χ2n) is 5.30. The van der Waals surface area contributed by atoms with Gasteiger partial charge in [0.1, 0.15) is 20.2 Å². The van der Waals surface area contributed by atoms with Crippen molar-refractivity contribution in [3.63, 3.8) is 0 Å². The van der Waals surface area contributed by atoms with Gasteiger partial charge < -0.3 is 9.11 Å². The van der Waals surface area contributed by atoms with Crippen molar-refractivity contribution >= 4 is 58.0 Å². The van der Waals surface area contributed by atoms with Gasteiger partial charge in [0, 0.05) is 0 Å². The van der Waals surface area contributed by atoms with Gasteiger partial charge in [-0.15, -0.1) is 0 Å². The molecule has 132 valence electrons. The molecule has 0 fully saturated rings. The zero-order valence-electron chi connectivity index (χ0n) is 14.4. The Labute approximate surface area is 178 Å². The van der Waals surface area contributed by atoms with Gasteiger partial charge >= 0.3 is 37.7 Å². The summed E-state index contributed by atoms with van der Waals surface area (Å²) < 4.78 is 63.9. The zero-order valence-corrected chi connectivity index (χ0v) is 18.3. The van der Waals surface area contributed by atoms with Gasteiger partial charge in [-0.3, -0.25) is 0 Å². The van der Waals surface area contributed by atoms with Crippen LogP contribution in [0.1, 0.15) is 22.3 Å². The molecule has 0 N–H and O–H groups in total. The maximum Gasteiger partial charge on any atom is 2.00 e. The van der Waals surface area contributed by atoms with E-state index in [4.69, 9.17) is 0 Å². The van der Waals surface area contributed by atoms with E-state index in [0.29, 0.717) is 11.1 Å². The normalized spacial score (nSPS) is 11.1. The van der Waals surface area contributed by atoms with E-state index in [2.05, 4.69) is 0 Å². The first kappa shape index (κ1) is 24.5. The van der Waals surface area contributed by atoms with Gasteiger partial charge in [0.2, 0.25) is 0 Å². The number of aryl methyl sites for hydroxylation is 2. The van der Waals surface area contributed by atoms with E-state index in [1.165, 1.54) is 12.1 Å². The molecule has 0 atom stereocenters. The molecule has 0 spiro atoms. The predicted octanol–water partition coefficient (Wildman–Crippen LogP) is 2.03. The molecule has 6 nitrogen and oxygen atoms in total. The van der Waals surface area contributed by atoms with Crippen LogP contribution in [0.15, 0.2) is 46.2 Å². The summed E-state index contributed by atoms with van der Waals surface area (Å²) in [5.41, 5.74) is 2.69. The third-order valence-corrected chi connectivity index (χ3v) is 5.61. The van der Waals surface area contributed by atoms with Gasteiger partial charge in [-0.25, -0.2) is 16.8 Å². The zero-order chi connectivity index (χ0) is 18.7. The molecule has 0 radical (unpaired) electrons. The van der Waals surface area contributed by atoms with Crippen LogP contribution in [0.5, 0.6) is 0 Å². The number of hydrogen-bond acceptors (Lipinski definition) is 6. The summed E-state index contributed by atoms with van der Waals surface area (Å²) in [5.74, 6) is 0. The first-order valence-corrected chi connectivity index (χ1v) is 9.71. The molecule has 0 unspecified atom stereocenters. The van der Waals surface area contributed by atoms with Crippen LogP contribution in [0, 0.1) is 27.7 Å². The summed E-state index contributed by atoms with van der Waals surface area (Å²) in [4.78, 5) is -0.245. The van der Waals surface area contributed by atoms with Crippen LogP contribution in [0.2, 0.25) is 0 Å². The fourth-order valence-corrected chi connectivity index (χ4v) is 3.55. The van der Waals surface area contributed by atoms with Crippen molar-refractivity contribution in [1.29, 1.82) is 0 Å². The molecule has 0 amide bonds. The molecule has 0 heterocycles. The molecule has 0 aromatic heterocycles. The average Bonchev–Trinajstić information content (AvgIpc) is 2.43. The van der Waals surface area contributed by atoms with Crippen molar-refractivity contribution < 1.29 is 25.9 Å². The van der Waals surface area contributed by atoms with Crippen LogP contribution in [-0.2, 0) is 20.2 Å². The van der Waals surface area contributed by atoms with Crippen LogP contribution in [-0.4, -0.2) is 63.7 Å². The second kappa shape index (κ2) is 9.45. The van der Waals surface area contributed by atoms with E-state index in [9.17, 15) is 25.9 Å². The number of hydrogen-bond donors (Lipinski definition) is 0. The van der Waals surface area contributed by atoms with Gasteiger partial charge in [-0.05, 0) is 62.1 Å². The molecule has 0 aliphatic carbocycles. The molecule has 0 saturated carbocycles. The first-order valence-electron chi connectivity index (χ1n) is 6.90. The summed E-state index contributed by atoms with van der Waals surface area (Å²) in [7, 11) is -8.61. The molecule has 2 aromatic carbocycles. The van der Waals surface area contributed by atoms with Gasteiger partial charge in [0.15, 0.2) is 0 Å². The first-order chi connectivity index (χ1) is 10.9. The fourth-order valence-electron chi connectivity index (χ4n) is 1.99. The maximum atomic E-state index is 10.7. The Morgan fingerprint density at radius 2 is 0.920 bits per heavy atom. The smallest absolute Gasteiger partial charge is 0.744 e. The molecule has 0 aliphatic rings. The summed E-state index contributed by atoms with van der Waals surface area (Å²) in [5, 5.41) is 0.